The summed E-state index contributed by atoms with van der Waals surface area (Å²) in [5, 5.41) is 14.9. The zero-order chi connectivity index (χ0) is 22.3. The van der Waals surface area contributed by atoms with Gasteiger partial charge in [0, 0.05) is 19.3 Å². The van der Waals surface area contributed by atoms with E-state index >= 15 is 0 Å². The summed E-state index contributed by atoms with van der Waals surface area (Å²) >= 11 is 0. The van der Waals surface area contributed by atoms with E-state index in [2.05, 4.69) is 15.3 Å². The van der Waals surface area contributed by atoms with Crippen molar-refractivity contribution in [2.24, 2.45) is 0 Å². The van der Waals surface area contributed by atoms with Crippen molar-refractivity contribution in [3.05, 3.63) is 107 Å². The molecule has 1 aromatic heterocycles. The van der Waals surface area contributed by atoms with E-state index in [1.54, 1.807) is 36.2 Å². The summed E-state index contributed by atoms with van der Waals surface area (Å²) in [6, 6.07) is 26.2. The van der Waals surface area contributed by atoms with E-state index in [-0.39, 0.29) is 17.3 Å². The predicted octanol–water partition coefficient (Wildman–Crippen LogP) is 5.56. The van der Waals surface area contributed by atoms with E-state index in [1.165, 1.54) is 6.33 Å². The van der Waals surface area contributed by atoms with Crippen molar-refractivity contribution in [2.45, 2.75) is 6.54 Å². The van der Waals surface area contributed by atoms with Gasteiger partial charge in [-0.3, -0.25) is 10.1 Å². The molecular formula is C24H21N5O3. The van der Waals surface area contributed by atoms with Crippen LogP contribution in [-0.4, -0.2) is 21.9 Å². The number of benzene rings is 3. The molecule has 0 atom stereocenters. The third kappa shape index (κ3) is 4.99. The molecule has 3 aromatic carbocycles. The zero-order valence-electron chi connectivity index (χ0n) is 17.4. The second-order valence-corrected chi connectivity index (χ2v) is 7.06. The van der Waals surface area contributed by atoms with Gasteiger partial charge in [0.25, 0.3) is 0 Å². The third-order valence-electron chi connectivity index (χ3n) is 4.71. The van der Waals surface area contributed by atoms with Crippen LogP contribution in [0.15, 0.2) is 91.3 Å². The van der Waals surface area contributed by atoms with Gasteiger partial charge < -0.3 is 15.0 Å². The van der Waals surface area contributed by atoms with Crippen molar-refractivity contribution in [2.75, 3.05) is 17.3 Å². The molecule has 1 heterocycles. The summed E-state index contributed by atoms with van der Waals surface area (Å²) in [5.41, 5.74) is 1.48. The molecule has 0 unspecified atom stereocenters. The van der Waals surface area contributed by atoms with Crippen LogP contribution in [-0.2, 0) is 6.54 Å². The van der Waals surface area contributed by atoms with E-state index in [9.17, 15) is 10.1 Å². The number of nitro groups is 1. The average Bonchev–Trinajstić information content (AvgIpc) is 2.81. The van der Waals surface area contributed by atoms with Crippen LogP contribution in [0.2, 0.25) is 0 Å². The molecule has 0 aliphatic rings. The van der Waals surface area contributed by atoms with Crippen LogP contribution in [0.4, 0.5) is 23.0 Å². The lowest BCUT2D eigenvalue weighted by atomic mass is 10.2. The van der Waals surface area contributed by atoms with Gasteiger partial charge in [0.15, 0.2) is 0 Å². The molecule has 160 valence electrons. The summed E-state index contributed by atoms with van der Waals surface area (Å²) in [5.74, 6) is 1.74. The Morgan fingerprint density at radius 1 is 0.906 bits per heavy atom. The molecule has 32 heavy (non-hydrogen) atoms. The number of anilines is 3. The van der Waals surface area contributed by atoms with Crippen LogP contribution < -0.4 is 15.0 Å². The lowest BCUT2D eigenvalue weighted by molar-refractivity contribution is -0.383. The first kappa shape index (κ1) is 20.8. The fraction of sp³-hybridized carbons (Fsp3) is 0.0833. The molecule has 0 spiro atoms. The van der Waals surface area contributed by atoms with Crippen molar-refractivity contribution in [1.29, 1.82) is 0 Å². The Morgan fingerprint density at radius 2 is 1.53 bits per heavy atom. The van der Waals surface area contributed by atoms with Gasteiger partial charge in [-0.05, 0) is 42.0 Å². The number of hydrogen-bond acceptors (Lipinski definition) is 7. The molecule has 0 aliphatic heterocycles. The topological polar surface area (TPSA) is 93.4 Å². The number of para-hydroxylation sites is 1. The minimum atomic E-state index is -0.466. The van der Waals surface area contributed by atoms with Gasteiger partial charge in [0.1, 0.15) is 17.8 Å². The van der Waals surface area contributed by atoms with Crippen LogP contribution in [0.25, 0.3) is 0 Å². The molecule has 1 N–H and O–H groups in total. The molecule has 0 aliphatic carbocycles. The van der Waals surface area contributed by atoms with Gasteiger partial charge in [-0.25, -0.2) is 9.97 Å². The van der Waals surface area contributed by atoms with Crippen LogP contribution in [0.5, 0.6) is 11.5 Å². The SMILES string of the molecule is CN(Cc1ccccc1)c1ncnc(Nc2ccc(Oc3ccccc3)cc2)c1[N+](=O)[O-]. The molecule has 0 saturated heterocycles. The summed E-state index contributed by atoms with van der Waals surface area (Å²) in [7, 11) is 1.77. The summed E-state index contributed by atoms with van der Waals surface area (Å²) in [6.07, 6.45) is 1.32. The van der Waals surface area contributed by atoms with Crippen LogP contribution in [0.1, 0.15) is 5.56 Å². The molecule has 0 bridgehead atoms. The third-order valence-corrected chi connectivity index (χ3v) is 4.71. The van der Waals surface area contributed by atoms with Crippen LogP contribution in [0, 0.1) is 10.1 Å². The van der Waals surface area contributed by atoms with Gasteiger partial charge in [-0.15, -0.1) is 0 Å². The lowest BCUT2D eigenvalue weighted by Crippen LogP contribution is -2.20. The molecular weight excluding hydrogens is 406 g/mol. The van der Waals surface area contributed by atoms with Crippen LogP contribution >= 0.6 is 0 Å². The molecule has 0 saturated carbocycles. The van der Waals surface area contributed by atoms with Crippen molar-refractivity contribution < 1.29 is 9.66 Å². The molecule has 0 amide bonds. The van der Waals surface area contributed by atoms with E-state index in [1.807, 2.05) is 60.7 Å². The second kappa shape index (κ2) is 9.57. The molecule has 8 heteroatoms. The quantitative estimate of drug-likeness (QED) is 0.291. The maximum absolute atomic E-state index is 11.9. The Labute approximate surface area is 185 Å². The minimum absolute atomic E-state index is 0.122. The molecule has 0 radical (unpaired) electrons. The van der Waals surface area contributed by atoms with Crippen molar-refractivity contribution >= 4 is 23.0 Å². The van der Waals surface area contributed by atoms with Gasteiger partial charge in [-0.1, -0.05) is 48.5 Å². The Hall–Kier alpha value is -4.46. The maximum Gasteiger partial charge on any atom is 0.353 e. The molecule has 8 nitrogen and oxygen atoms in total. The first-order chi connectivity index (χ1) is 15.6. The van der Waals surface area contributed by atoms with Gasteiger partial charge in [-0.2, -0.15) is 0 Å². The molecule has 0 fully saturated rings. The van der Waals surface area contributed by atoms with E-state index in [0.717, 1.165) is 11.3 Å². The van der Waals surface area contributed by atoms with E-state index in [0.29, 0.717) is 18.0 Å². The van der Waals surface area contributed by atoms with Gasteiger partial charge in [0.2, 0.25) is 11.6 Å². The smallest absolute Gasteiger partial charge is 0.353 e. The second-order valence-electron chi connectivity index (χ2n) is 7.06. The monoisotopic (exact) mass is 427 g/mol. The zero-order valence-corrected chi connectivity index (χ0v) is 17.4. The summed E-state index contributed by atoms with van der Waals surface area (Å²) in [4.78, 5) is 21.4. The number of rotatable bonds is 8. The summed E-state index contributed by atoms with van der Waals surface area (Å²) < 4.78 is 5.78. The van der Waals surface area contributed by atoms with Gasteiger partial charge in [0.05, 0.1) is 4.92 Å². The highest BCUT2D eigenvalue weighted by atomic mass is 16.6. The van der Waals surface area contributed by atoms with Crippen molar-refractivity contribution in [3.8, 4) is 11.5 Å². The first-order valence-electron chi connectivity index (χ1n) is 9.94. The number of nitrogens with zero attached hydrogens (tertiary/aromatic N) is 4. The van der Waals surface area contributed by atoms with Gasteiger partial charge >= 0.3 is 5.69 Å². The number of aromatic nitrogens is 2. The highest BCUT2D eigenvalue weighted by molar-refractivity contribution is 5.74. The summed E-state index contributed by atoms with van der Waals surface area (Å²) in [6.45, 7) is 0.476. The fourth-order valence-corrected chi connectivity index (χ4v) is 3.21. The minimum Gasteiger partial charge on any atom is -0.457 e. The Kier molecular flexibility index (Phi) is 6.22. The number of hydrogen-bond donors (Lipinski definition) is 1. The van der Waals surface area contributed by atoms with E-state index in [4.69, 9.17) is 4.74 Å². The number of nitrogens with one attached hydrogen (secondary N) is 1. The van der Waals surface area contributed by atoms with E-state index < -0.39 is 4.92 Å². The largest absolute Gasteiger partial charge is 0.457 e. The standard InChI is InChI=1S/C24H21N5O3/c1-28(16-18-8-4-2-5-9-18)24-22(29(30)31)23(25-17-26-24)27-19-12-14-21(15-13-19)32-20-10-6-3-7-11-20/h2-15,17H,16H2,1H3,(H,25,26,27). The number of ether oxygens (including phenoxy) is 1. The fourth-order valence-electron chi connectivity index (χ4n) is 3.21. The molecule has 4 rings (SSSR count). The highest BCUT2D eigenvalue weighted by Crippen LogP contribution is 2.34. The Morgan fingerprint density at radius 3 is 2.19 bits per heavy atom. The van der Waals surface area contributed by atoms with Crippen LogP contribution in [0.3, 0.4) is 0 Å². The first-order valence-corrected chi connectivity index (χ1v) is 9.94. The maximum atomic E-state index is 11.9. The highest BCUT2D eigenvalue weighted by Gasteiger charge is 2.25. The normalized spacial score (nSPS) is 10.4. The van der Waals surface area contributed by atoms with Crippen molar-refractivity contribution in [1.82, 2.24) is 9.97 Å². The predicted molar refractivity (Wildman–Crippen MR) is 123 cm³/mol. The average molecular weight is 427 g/mol. The Balaban J connectivity index is 1.54. The Bertz CT molecular complexity index is 1190. The lowest BCUT2D eigenvalue weighted by Gasteiger charge is -2.19. The van der Waals surface area contributed by atoms with Crippen molar-refractivity contribution in [3.63, 3.8) is 0 Å². The molecule has 4 aromatic rings.